The summed E-state index contributed by atoms with van der Waals surface area (Å²) >= 11 is 0. The first kappa shape index (κ1) is 44.6. The van der Waals surface area contributed by atoms with E-state index in [0.29, 0.717) is 5.92 Å². The predicted molar refractivity (Wildman–Crippen MR) is 328 cm³/mol. The Morgan fingerprint density at radius 3 is 1.62 bits per heavy atom. The van der Waals surface area contributed by atoms with E-state index in [1.54, 1.807) is 0 Å². The van der Waals surface area contributed by atoms with Crippen molar-refractivity contribution in [3.05, 3.63) is 290 Å². The molecule has 2 aromatic heterocycles. The maximum Gasteiger partial charge on any atom is 0.0629 e. The lowest BCUT2D eigenvalue weighted by atomic mass is 9.82. The average Bonchev–Trinajstić information content (AvgIpc) is 4.34. The van der Waals surface area contributed by atoms with Gasteiger partial charge in [0.05, 0.1) is 28.1 Å². The number of hydrogen-bond donors (Lipinski definition) is 0. The van der Waals surface area contributed by atoms with Gasteiger partial charge < -0.3 is 14.0 Å². The van der Waals surface area contributed by atoms with E-state index in [1.165, 1.54) is 111 Å². The van der Waals surface area contributed by atoms with Crippen molar-refractivity contribution in [2.24, 2.45) is 0 Å². The number of hydrogen-bond acceptors (Lipinski definition) is 1. The van der Waals surface area contributed by atoms with Gasteiger partial charge in [-0.25, -0.2) is 0 Å². The van der Waals surface area contributed by atoms with Gasteiger partial charge in [-0.05, 0) is 157 Å². The molecule has 0 radical (unpaired) electrons. The molecule has 0 saturated carbocycles. The van der Waals surface area contributed by atoms with E-state index in [1.807, 2.05) is 0 Å². The number of fused-ring (bicyclic) bond motifs is 12. The highest BCUT2D eigenvalue weighted by molar-refractivity contribution is 6.12. The number of anilines is 2. The van der Waals surface area contributed by atoms with Crippen molar-refractivity contribution < 1.29 is 0 Å². The summed E-state index contributed by atoms with van der Waals surface area (Å²) in [6.45, 7) is 4.75. The van der Waals surface area contributed by atoms with Crippen molar-refractivity contribution in [1.82, 2.24) is 9.13 Å². The van der Waals surface area contributed by atoms with Crippen molar-refractivity contribution in [2.45, 2.75) is 31.2 Å². The molecule has 0 bridgehead atoms. The molecule has 2 unspecified atom stereocenters. The Hall–Kier alpha value is -9.70. The maximum absolute atomic E-state index is 2.55. The Labute approximate surface area is 454 Å². The van der Waals surface area contributed by atoms with Gasteiger partial charge in [0.25, 0.3) is 0 Å². The van der Waals surface area contributed by atoms with E-state index in [0.717, 1.165) is 28.1 Å². The van der Waals surface area contributed by atoms with E-state index >= 15 is 0 Å². The number of allylic oxidation sites excluding steroid dienone is 2. The molecule has 0 N–H and O–H groups in total. The fourth-order valence-electron chi connectivity index (χ4n) is 13.9. The van der Waals surface area contributed by atoms with E-state index in [2.05, 4.69) is 301 Å². The van der Waals surface area contributed by atoms with E-state index in [9.17, 15) is 0 Å². The number of para-hydroxylation sites is 4. The van der Waals surface area contributed by atoms with Crippen LogP contribution in [0.3, 0.4) is 0 Å². The first-order chi connectivity index (χ1) is 38.5. The van der Waals surface area contributed by atoms with Crippen LogP contribution in [0.5, 0.6) is 0 Å². The SMILES string of the molecule is CC1(C)c2ccccc2-c2cc3c4ccccc4n(-c4ccc(-c5cc(-c6cccc(N7c8ccccc8C8C=CC=CC87)c6)c(-c6ccccc6)c(-c6cccc(-n7c8ccccc8c8ccccc87)c6)c5)cc4)c3cc21. The minimum atomic E-state index is -0.110. The van der Waals surface area contributed by atoms with Gasteiger partial charge in [-0.3, -0.25) is 0 Å². The first-order valence-electron chi connectivity index (χ1n) is 27.4. The minimum Gasteiger partial charge on any atom is -0.333 e. The molecule has 13 aromatic rings. The highest BCUT2D eigenvalue weighted by Gasteiger charge is 2.38. The number of rotatable bonds is 7. The van der Waals surface area contributed by atoms with Crippen molar-refractivity contribution in [2.75, 3.05) is 4.90 Å². The summed E-state index contributed by atoms with van der Waals surface area (Å²) in [6.07, 6.45) is 9.14. The fourth-order valence-corrected chi connectivity index (χ4v) is 13.9. The molecule has 0 amide bonds. The van der Waals surface area contributed by atoms with E-state index in [4.69, 9.17) is 0 Å². The number of benzene rings is 11. The first-order valence-corrected chi connectivity index (χ1v) is 27.4. The Balaban J connectivity index is 0.904. The monoisotopic (exact) mass is 995 g/mol. The Morgan fingerprint density at radius 2 is 0.897 bits per heavy atom. The van der Waals surface area contributed by atoms with Crippen molar-refractivity contribution >= 4 is 55.0 Å². The molecular formula is C75H53N3. The van der Waals surface area contributed by atoms with Gasteiger partial charge in [0.15, 0.2) is 0 Å². The fraction of sp³-hybridized carbons (Fsp3) is 0.0667. The van der Waals surface area contributed by atoms with Crippen LogP contribution in [-0.4, -0.2) is 15.2 Å². The molecule has 78 heavy (non-hydrogen) atoms. The summed E-state index contributed by atoms with van der Waals surface area (Å²) in [5, 5.41) is 5.05. The van der Waals surface area contributed by atoms with E-state index in [-0.39, 0.29) is 11.5 Å². The Bertz CT molecular complexity index is 4600. The van der Waals surface area contributed by atoms with Gasteiger partial charge in [0.1, 0.15) is 0 Å². The summed E-state index contributed by atoms with van der Waals surface area (Å²) in [6, 6.07) is 93.2. The summed E-state index contributed by atoms with van der Waals surface area (Å²) in [7, 11) is 0. The van der Waals surface area contributed by atoms with Crippen LogP contribution < -0.4 is 4.90 Å². The standard InChI is InChI=1S/C75H53N3/c1-75(2)66-32-12-6-26-56(66)64-46-65-61-31-11-17-37-72(61)76(73(65)47-67(64)75)53-40-38-48(39-41-53)52-44-62(50-22-18-24-54(42-50)77-68-33-13-7-27-57(68)58-28-8-14-34-69(58)77)74(49-20-4-3-5-21-49)63(45-52)51-23-19-25-55(43-51)78-70-35-15-9-29-59(70)60-30-10-16-36-71(60)78/h3-47,57,68H,1-2H3. The molecule has 3 nitrogen and oxygen atoms in total. The Morgan fingerprint density at radius 1 is 0.333 bits per heavy atom. The van der Waals surface area contributed by atoms with Crippen LogP contribution in [0, 0.1) is 0 Å². The topological polar surface area (TPSA) is 13.1 Å². The molecule has 368 valence electrons. The lowest BCUT2D eigenvalue weighted by Gasteiger charge is -2.29. The van der Waals surface area contributed by atoms with Crippen LogP contribution in [0.2, 0.25) is 0 Å². The third-order valence-corrected chi connectivity index (χ3v) is 17.4. The summed E-state index contributed by atoms with van der Waals surface area (Å²) in [5.74, 6) is 0.293. The molecule has 3 aliphatic rings. The van der Waals surface area contributed by atoms with Gasteiger partial charge in [0, 0.05) is 55.6 Å². The summed E-state index contributed by atoms with van der Waals surface area (Å²) < 4.78 is 4.91. The van der Waals surface area contributed by atoms with Gasteiger partial charge in [-0.15, -0.1) is 0 Å². The normalized spacial score (nSPS) is 15.8. The van der Waals surface area contributed by atoms with Crippen LogP contribution in [0.4, 0.5) is 11.4 Å². The molecule has 3 heterocycles. The van der Waals surface area contributed by atoms with Crippen molar-refractivity contribution in [3.63, 3.8) is 0 Å². The zero-order chi connectivity index (χ0) is 51.6. The van der Waals surface area contributed by atoms with Gasteiger partial charge in [-0.1, -0.05) is 202 Å². The minimum absolute atomic E-state index is 0.110. The van der Waals surface area contributed by atoms with E-state index < -0.39 is 0 Å². The second-order valence-electron chi connectivity index (χ2n) is 22.0. The Kier molecular flexibility index (Phi) is 9.81. The molecule has 3 heteroatoms. The van der Waals surface area contributed by atoms with Gasteiger partial charge in [0.2, 0.25) is 0 Å². The van der Waals surface area contributed by atoms with Crippen LogP contribution in [0.1, 0.15) is 36.5 Å². The molecule has 2 atom stereocenters. The lowest BCUT2D eigenvalue weighted by molar-refractivity contribution is 0.661. The van der Waals surface area contributed by atoms with Crippen LogP contribution in [0.15, 0.2) is 273 Å². The van der Waals surface area contributed by atoms with Crippen molar-refractivity contribution in [3.8, 4) is 67.0 Å². The summed E-state index contributed by atoms with van der Waals surface area (Å²) in [5.41, 5.74) is 25.6. The van der Waals surface area contributed by atoms with Crippen LogP contribution in [0.25, 0.3) is 111 Å². The molecule has 0 fully saturated rings. The smallest absolute Gasteiger partial charge is 0.0629 e. The average molecular weight is 996 g/mol. The number of aromatic nitrogens is 2. The molecule has 0 spiro atoms. The summed E-state index contributed by atoms with van der Waals surface area (Å²) in [4.78, 5) is 2.55. The second kappa shape index (κ2) is 17.2. The van der Waals surface area contributed by atoms with Gasteiger partial charge >= 0.3 is 0 Å². The molecule has 11 aromatic carbocycles. The molecule has 1 aliphatic heterocycles. The quantitative estimate of drug-likeness (QED) is 0.155. The van der Waals surface area contributed by atoms with Crippen molar-refractivity contribution in [1.29, 1.82) is 0 Å². The third-order valence-electron chi connectivity index (χ3n) is 17.4. The third kappa shape index (κ3) is 6.64. The molecule has 16 rings (SSSR count). The molecule has 2 aliphatic carbocycles. The lowest BCUT2D eigenvalue weighted by Crippen LogP contribution is -2.28. The molecular weight excluding hydrogens is 943 g/mol. The molecule has 0 saturated heterocycles. The van der Waals surface area contributed by atoms with Crippen LogP contribution in [-0.2, 0) is 5.41 Å². The highest BCUT2D eigenvalue weighted by atomic mass is 15.2. The number of nitrogens with zero attached hydrogens (tertiary/aromatic N) is 3. The zero-order valence-electron chi connectivity index (χ0n) is 43.5. The maximum atomic E-state index is 2.55. The highest BCUT2D eigenvalue weighted by Crippen LogP contribution is 2.53. The van der Waals surface area contributed by atoms with Crippen LogP contribution >= 0.6 is 0 Å². The largest absolute Gasteiger partial charge is 0.333 e. The zero-order valence-corrected chi connectivity index (χ0v) is 43.5. The second-order valence-corrected chi connectivity index (χ2v) is 22.0. The van der Waals surface area contributed by atoms with Gasteiger partial charge in [-0.2, -0.15) is 0 Å². The predicted octanol–water partition coefficient (Wildman–Crippen LogP) is 19.6.